The molecule has 2 aliphatic heterocycles. The van der Waals surface area contributed by atoms with E-state index in [2.05, 4.69) is 10.6 Å². The summed E-state index contributed by atoms with van der Waals surface area (Å²) in [7, 11) is 3.56. The highest BCUT2D eigenvalue weighted by atomic mass is 32.1. The van der Waals surface area contributed by atoms with Gasteiger partial charge in [0.2, 0.25) is 0 Å². The fourth-order valence-corrected chi connectivity index (χ4v) is 4.38. The minimum atomic E-state index is -0.513. The summed E-state index contributed by atoms with van der Waals surface area (Å²) >= 11 is 1.51. The molecular weight excluding hydrogens is 536 g/mol. The molecule has 1 aromatic carbocycles. The van der Waals surface area contributed by atoms with Crippen molar-refractivity contribution in [2.45, 2.75) is 52.7 Å². The van der Waals surface area contributed by atoms with Crippen LogP contribution in [0.3, 0.4) is 0 Å². The van der Waals surface area contributed by atoms with Gasteiger partial charge in [0.15, 0.2) is 0 Å². The second-order valence-corrected chi connectivity index (χ2v) is 11.3. The average molecular weight is 577 g/mol. The number of anilines is 2. The van der Waals surface area contributed by atoms with Crippen molar-refractivity contribution in [2.75, 3.05) is 50.2 Å². The molecule has 12 heteroatoms. The van der Waals surface area contributed by atoms with Crippen LogP contribution in [0.4, 0.5) is 21.0 Å². The average Bonchev–Trinajstić information content (AvgIpc) is 3.52. The van der Waals surface area contributed by atoms with Crippen molar-refractivity contribution in [3.63, 3.8) is 0 Å². The molecule has 11 nitrogen and oxygen atoms in total. The number of carbonyl (C=O) groups is 4. The molecule has 2 aromatic rings. The number of aryl methyl sites for hydroxylation is 1. The molecule has 1 saturated heterocycles. The zero-order valence-electron chi connectivity index (χ0n) is 24.2. The van der Waals surface area contributed by atoms with Gasteiger partial charge in [0, 0.05) is 50.2 Å². The van der Waals surface area contributed by atoms with Crippen LogP contribution in [-0.4, -0.2) is 76.4 Å². The lowest BCUT2D eigenvalue weighted by atomic mass is 10.1. The number of alkyl carbamates (subject to hydrolysis) is 1. The largest absolute Gasteiger partial charge is 0.489 e. The van der Waals surface area contributed by atoms with E-state index in [0.29, 0.717) is 38.5 Å². The molecule has 2 N–H and O–H groups in total. The predicted octanol–water partition coefficient (Wildman–Crippen LogP) is 4.38. The van der Waals surface area contributed by atoms with Gasteiger partial charge in [0.05, 0.1) is 10.6 Å². The maximum atomic E-state index is 11.9. The molecule has 40 heavy (non-hydrogen) atoms. The number of nitrogens with one attached hydrogen (secondary N) is 2. The highest BCUT2D eigenvalue weighted by Crippen LogP contribution is 2.39. The lowest BCUT2D eigenvalue weighted by Gasteiger charge is -2.30. The number of amides is 3. The molecule has 220 valence electrons. The minimum absolute atomic E-state index is 0.00176. The van der Waals surface area contributed by atoms with Crippen molar-refractivity contribution in [3.05, 3.63) is 40.1 Å². The van der Waals surface area contributed by atoms with Crippen molar-refractivity contribution >= 4 is 47.1 Å². The zero-order chi connectivity index (χ0) is 29.9. The Morgan fingerprint density at radius 2 is 1.88 bits per heavy atom. The van der Waals surface area contributed by atoms with Crippen molar-refractivity contribution in [2.24, 2.45) is 0 Å². The first-order chi connectivity index (χ1) is 18.9. The number of hydrogen-bond donors (Lipinski definition) is 2. The van der Waals surface area contributed by atoms with Crippen molar-refractivity contribution < 1.29 is 33.4 Å². The van der Waals surface area contributed by atoms with Crippen molar-refractivity contribution in [1.82, 2.24) is 10.6 Å². The van der Waals surface area contributed by atoms with E-state index in [1.54, 1.807) is 11.9 Å². The van der Waals surface area contributed by atoms with Crippen LogP contribution >= 0.6 is 11.3 Å². The molecule has 1 fully saturated rings. The minimum Gasteiger partial charge on any atom is -0.489 e. The van der Waals surface area contributed by atoms with Crippen molar-refractivity contribution in [3.8, 4) is 5.75 Å². The topological polar surface area (TPSA) is 127 Å². The lowest BCUT2D eigenvalue weighted by Crippen LogP contribution is -2.41. The fraction of sp³-hybridized carbons (Fsp3) is 0.500. The fourth-order valence-electron chi connectivity index (χ4n) is 3.57. The van der Waals surface area contributed by atoms with E-state index in [9.17, 15) is 19.2 Å². The number of thiophene rings is 1. The number of fused-ring (bicyclic) bond motifs is 3. The summed E-state index contributed by atoms with van der Waals surface area (Å²) in [5.74, 6) is 0.655. The van der Waals surface area contributed by atoms with Gasteiger partial charge in [-0.05, 0) is 52.0 Å². The first-order valence-electron chi connectivity index (χ1n) is 13.0. The van der Waals surface area contributed by atoms with Gasteiger partial charge in [-0.1, -0.05) is 6.92 Å². The van der Waals surface area contributed by atoms with Crippen LogP contribution < -0.4 is 25.2 Å². The van der Waals surface area contributed by atoms with Gasteiger partial charge in [-0.2, -0.15) is 0 Å². The number of benzene rings is 1. The Bertz CT molecular complexity index is 1160. The molecule has 3 amide bonds. The first-order valence-corrected chi connectivity index (χ1v) is 13.8. The molecule has 1 aromatic heterocycles. The van der Waals surface area contributed by atoms with Gasteiger partial charge in [-0.3, -0.25) is 9.69 Å². The van der Waals surface area contributed by atoms with Gasteiger partial charge in [0.1, 0.15) is 36.9 Å². The summed E-state index contributed by atoms with van der Waals surface area (Å²) in [6.07, 6.45) is 0.750. The summed E-state index contributed by atoms with van der Waals surface area (Å²) in [5.41, 5.74) is 1.15. The number of ether oxygens (including phenoxy) is 3. The Morgan fingerprint density at radius 3 is 2.45 bits per heavy atom. The molecular formula is C28H40N4O7S. The van der Waals surface area contributed by atoms with Crippen molar-refractivity contribution in [1.29, 1.82) is 0 Å². The van der Waals surface area contributed by atoms with Crippen LogP contribution in [0.25, 0.3) is 0 Å². The monoisotopic (exact) mass is 576 g/mol. The maximum Gasteiger partial charge on any atom is 0.414 e. The van der Waals surface area contributed by atoms with Gasteiger partial charge in [-0.25, -0.2) is 9.59 Å². The first kappa shape index (κ1) is 32.4. The summed E-state index contributed by atoms with van der Waals surface area (Å²) in [4.78, 5) is 49.2. The molecule has 3 heterocycles. The van der Waals surface area contributed by atoms with E-state index in [0.717, 1.165) is 22.5 Å². The number of likely N-dealkylation sites (N-methyl/N-ethyl adjacent to an activating group) is 1. The van der Waals surface area contributed by atoms with E-state index in [1.807, 2.05) is 76.9 Å². The SMILES string of the molecule is CCC=O.CN(CCNC(=O)OC(C)(C)C)c1ccc2c(c1)OCC1COC(=O)N21.CNC(=O)c1ccc(C)s1. The smallest absolute Gasteiger partial charge is 0.414 e. The molecule has 0 aliphatic carbocycles. The molecule has 0 saturated carbocycles. The number of nitrogens with zero attached hydrogens (tertiary/aromatic N) is 2. The lowest BCUT2D eigenvalue weighted by molar-refractivity contribution is -0.107. The molecule has 1 unspecified atom stereocenters. The second-order valence-electron chi connectivity index (χ2n) is 9.98. The number of rotatable bonds is 6. The Balaban J connectivity index is 0.000000330. The maximum absolute atomic E-state index is 11.9. The van der Waals surface area contributed by atoms with Crippen LogP contribution in [0, 0.1) is 6.92 Å². The Hall–Kier alpha value is -3.80. The molecule has 4 rings (SSSR count). The third-order valence-corrected chi connectivity index (χ3v) is 6.51. The highest BCUT2D eigenvalue weighted by Gasteiger charge is 2.39. The number of cyclic esters (lactones) is 1. The second kappa shape index (κ2) is 15.1. The van der Waals surface area contributed by atoms with Crippen LogP contribution in [0.1, 0.15) is 48.7 Å². The normalized spacial score (nSPS) is 14.9. The van der Waals surface area contributed by atoms with Gasteiger partial charge in [-0.15, -0.1) is 11.3 Å². The van der Waals surface area contributed by atoms with E-state index >= 15 is 0 Å². The number of hydrogen-bond acceptors (Lipinski definition) is 9. The predicted molar refractivity (Wildman–Crippen MR) is 156 cm³/mol. The Morgan fingerprint density at radius 1 is 1.20 bits per heavy atom. The van der Waals surface area contributed by atoms with Crippen LogP contribution in [0.15, 0.2) is 30.3 Å². The third-order valence-electron chi connectivity index (χ3n) is 5.51. The van der Waals surface area contributed by atoms with E-state index in [-0.39, 0.29) is 18.0 Å². The van der Waals surface area contributed by atoms with Gasteiger partial charge in [0.25, 0.3) is 5.91 Å². The molecule has 0 bridgehead atoms. The Kier molecular flexibility index (Phi) is 12.2. The summed E-state index contributed by atoms with van der Waals surface area (Å²) < 4.78 is 16.1. The Labute approximate surface area is 239 Å². The quantitative estimate of drug-likeness (QED) is 0.486. The highest BCUT2D eigenvalue weighted by molar-refractivity contribution is 7.13. The molecule has 0 spiro atoms. The van der Waals surface area contributed by atoms with Crippen LogP contribution in [0.2, 0.25) is 0 Å². The van der Waals surface area contributed by atoms with Crippen LogP contribution in [-0.2, 0) is 14.3 Å². The third kappa shape index (κ3) is 9.74. The molecule has 0 radical (unpaired) electrons. The standard InChI is InChI=1S/C18H25N3O5.C7H9NOS.C3H6O/c1-18(2,3)26-16(22)19-7-8-20(4)12-5-6-14-15(9-12)24-10-13-11-25-17(23)21(13)14;1-5-3-4-6(10-5)7(9)8-2;1-2-3-4/h5-6,9,13H,7-8,10-11H2,1-4H3,(H,19,22);3-4H,1-2H3,(H,8,9);3H,2H2,1H3. The number of aldehydes is 1. The summed E-state index contributed by atoms with van der Waals surface area (Å²) in [6.45, 7) is 11.1. The van der Waals surface area contributed by atoms with Gasteiger partial charge < -0.3 is 34.5 Å². The summed E-state index contributed by atoms with van der Waals surface area (Å²) in [5, 5.41) is 5.30. The van der Waals surface area contributed by atoms with E-state index in [1.165, 1.54) is 16.2 Å². The summed E-state index contributed by atoms with van der Waals surface area (Å²) in [6, 6.07) is 9.39. The zero-order valence-corrected chi connectivity index (χ0v) is 25.1. The van der Waals surface area contributed by atoms with Crippen LogP contribution in [0.5, 0.6) is 5.75 Å². The van der Waals surface area contributed by atoms with E-state index in [4.69, 9.17) is 14.2 Å². The number of carbonyl (C=O) groups excluding carboxylic acids is 4. The van der Waals surface area contributed by atoms with E-state index < -0.39 is 11.7 Å². The molecule has 2 aliphatic rings. The van der Waals surface area contributed by atoms with Gasteiger partial charge >= 0.3 is 12.2 Å². The molecule has 1 atom stereocenters.